The first kappa shape index (κ1) is 29.1. The fourth-order valence-electron chi connectivity index (χ4n) is 7.42. The highest BCUT2D eigenvalue weighted by molar-refractivity contribution is 6.07. The molecule has 3 heteroatoms. The molecule has 2 heterocycles. The van der Waals surface area contributed by atoms with Crippen LogP contribution in [0, 0.1) is 0 Å². The SMILES string of the molecule is c1ccc(-c2ccccc2N(c2cccc(-c3ccc4c(c3)oc3ccccc34)c2)c2cccc(-c3ccc4c(c3)oc3ccccc34)c2)cc1. The molecule has 0 amide bonds. The Hall–Kier alpha value is -6.84. The van der Waals surface area contributed by atoms with Crippen LogP contribution < -0.4 is 4.90 Å². The quantitative estimate of drug-likeness (QED) is 0.179. The lowest BCUT2D eigenvalue weighted by Gasteiger charge is -2.28. The van der Waals surface area contributed by atoms with E-state index in [9.17, 15) is 0 Å². The summed E-state index contributed by atoms with van der Waals surface area (Å²) in [6, 6.07) is 66.3. The molecule has 0 saturated heterocycles. The number of hydrogen-bond acceptors (Lipinski definition) is 3. The first-order valence-electron chi connectivity index (χ1n) is 17.2. The molecule has 0 radical (unpaired) electrons. The van der Waals surface area contributed by atoms with E-state index >= 15 is 0 Å². The molecule has 0 aliphatic heterocycles. The van der Waals surface area contributed by atoms with Crippen LogP contribution in [0.15, 0.2) is 197 Å². The summed E-state index contributed by atoms with van der Waals surface area (Å²) in [5, 5.41) is 4.52. The van der Waals surface area contributed by atoms with Gasteiger partial charge in [-0.25, -0.2) is 0 Å². The Labute approximate surface area is 295 Å². The molecule has 0 saturated carbocycles. The first-order valence-corrected chi connectivity index (χ1v) is 17.2. The maximum absolute atomic E-state index is 6.28. The van der Waals surface area contributed by atoms with E-state index in [1.165, 1.54) is 0 Å². The molecule has 0 bridgehead atoms. The Morgan fingerprint density at radius 1 is 0.294 bits per heavy atom. The van der Waals surface area contributed by atoms with Crippen molar-refractivity contribution in [3.8, 4) is 33.4 Å². The van der Waals surface area contributed by atoms with Crippen molar-refractivity contribution in [1.82, 2.24) is 0 Å². The number of nitrogens with zero attached hydrogens (tertiary/aromatic N) is 1. The molecule has 8 aromatic carbocycles. The van der Waals surface area contributed by atoms with Crippen LogP contribution in [0.2, 0.25) is 0 Å². The molecular formula is C48H31NO2. The smallest absolute Gasteiger partial charge is 0.136 e. The number of para-hydroxylation sites is 3. The Balaban J connectivity index is 1.13. The van der Waals surface area contributed by atoms with Crippen LogP contribution in [0.25, 0.3) is 77.3 Å². The van der Waals surface area contributed by atoms with Gasteiger partial charge >= 0.3 is 0 Å². The van der Waals surface area contributed by atoms with E-state index in [1.807, 2.05) is 24.3 Å². The predicted octanol–water partition coefficient (Wildman–Crippen LogP) is 14.0. The standard InChI is InChI=1S/C48H31NO2/c1-2-12-32(13-3-1)39-18-4-7-21-44(39)49(37-16-10-14-33(28-37)35-24-26-42-40-19-5-8-22-45(40)50-47(42)30-35)38-17-11-15-34(29-38)36-25-27-43-41-20-6-9-23-46(41)51-48(43)31-36/h1-31H. The molecule has 51 heavy (non-hydrogen) atoms. The lowest BCUT2D eigenvalue weighted by atomic mass is 9.99. The molecule has 0 atom stereocenters. The van der Waals surface area contributed by atoms with Gasteiger partial charge in [0.1, 0.15) is 22.3 Å². The second-order valence-corrected chi connectivity index (χ2v) is 12.9. The Kier molecular flexibility index (Phi) is 6.81. The monoisotopic (exact) mass is 653 g/mol. The summed E-state index contributed by atoms with van der Waals surface area (Å²) in [6.07, 6.45) is 0. The zero-order chi connectivity index (χ0) is 33.7. The van der Waals surface area contributed by atoms with E-state index in [0.29, 0.717) is 0 Å². The minimum Gasteiger partial charge on any atom is -0.456 e. The summed E-state index contributed by atoms with van der Waals surface area (Å²) in [6.45, 7) is 0. The topological polar surface area (TPSA) is 29.5 Å². The number of anilines is 3. The lowest BCUT2D eigenvalue weighted by molar-refractivity contribution is 0.668. The maximum atomic E-state index is 6.28. The van der Waals surface area contributed by atoms with Crippen molar-refractivity contribution in [3.05, 3.63) is 188 Å². The molecule has 0 N–H and O–H groups in total. The number of benzene rings is 8. The minimum atomic E-state index is 0.888. The zero-order valence-electron chi connectivity index (χ0n) is 27.7. The largest absolute Gasteiger partial charge is 0.456 e. The Bertz CT molecular complexity index is 2720. The van der Waals surface area contributed by atoms with E-state index in [2.05, 4.69) is 169 Å². The van der Waals surface area contributed by atoms with Crippen molar-refractivity contribution in [2.75, 3.05) is 4.90 Å². The molecule has 0 unspecified atom stereocenters. The van der Waals surface area contributed by atoms with E-state index in [4.69, 9.17) is 8.83 Å². The molecule has 0 aliphatic carbocycles. The van der Waals surface area contributed by atoms with Crippen molar-refractivity contribution in [2.24, 2.45) is 0 Å². The molecule has 10 rings (SSSR count). The second-order valence-electron chi connectivity index (χ2n) is 12.9. The third kappa shape index (κ3) is 5.06. The average Bonchev–Trinajstić information content (AvgIpc) is 3.76. The third-order valence-electron chi connectivity index (χ3n) is 9.86. The molecule has 0 fully saturated rings. The van der Waals surface area contributed by atoms with Crippen molar-refractivity contribution < 1.29 is 8.83 Å². The Morgan fingerprint density at radius 2 is 0.745 bits per heavy atom. The number of rotatable bonds is 6. The highest BCUT2D eigenvalue weighted by atomic mass is 16.3. The lowest BCUT2D eigenvalue weighted by Crippen LogP contribution is -2.11. The van der Waals surface area contributed by atoms with Gasteiger partial charge in [0, 0.05) is 38.5 Å². The summed E-state index contributed by atoms with van der Waals surface area (Å²) >= 11 is 0. The van der Waals surface area contributed by atoms with Crippen LogP contribution in [0.1, 0.15) is 0 Å². The van der Waals surface area contributed by atoms with Crippen molar-refractivity contribution in [1.29, 1.82) is 0 Å². The first-order chi connectivity index (χ1) is 25.3. The van der Waals surface area contributed by atoms with Gasteiger partial charge in [0.2, 0.25) is 0 Å². The fraction of sp³-hybridized carbons (Fsp3) is 0. The van der Waals surface area contributed by atoms with Gasteiger partial charge in [-0.3, -0.25) is 0 Å². The minimum absolute atomic E-state index is 0.888. The van der Waals surface area contributed by atoms with Gasteiger partial charge in [0.25, 0.3) is 0 Å². The van der Waals surface area contributed by atoms with Crippen LogP contribution in [-0.2, 0) is 0 Å². The van der Waals surface area contributed by atoms with Gasteiger partial charge in [-0.1, -0.05) is 121 Å². The molecular weight excluding hydrogens is 623 g/mol. The normalized spacial score (nSPS) is 11.5. The van der Waals surface area contributed by atoms with Gasteiger partial charge < -0.3 is 13.7 Å². The van der Waals surface area contributed by atoms with Crippen LogP contribution in [0.3, 0.4) is 0 Å². The van der Waals surface area contributed by atoms with E-state index in [-0.39, 0.29) is 0 Å². The average molecular weight is 654 g/mol. The predicted molar refractivity (Wildman–Crippen MR) is 212 cm³/mol. The van der Waals surface area contributed by atoms with Crippen LogP contribution >= 0.6 is 0 Å². The summed E-state index contributed by atoms with van der Waals surface area (Å²) in [4.78, 5) is 2.37. The Morgan fingerprint density at radius 3 is 1.33 bits per heavy atom. The van der Waals surface area contributed by atoms with Gasteiger partial charge in [-0.2, -0.15) is 0 Å². The van der Waals surface area contributed by atoms with E-state index < -0.39 is 0 Å². The zero-order valence-corrected chi connectivity index (χ0v) is 27.7. The molecule has 3 nitrogen and oxygen atoms in total. The maximum Gasteiger partial charge on any atom is 0.136 e. The number of hydrogen-bond donors (Lipinski definition) is 0. The summed E-state index contributed by atoms with van der Waals surface area (Å²) in [5.41, 5.74) is 13.6. The molecule has 0 aliphatic rings. The summed E-state index contributed by atoms with van der Waals surface area (Å²) in [5.74, 6) is 0. The van der Waals surface area contributed by atoms with Gasteiger partial charge in [0.15, 0.2) is 0 Å². The number of fused-ring (bicyclic) bond motifs is 6. The van der Waals surface area contributed by atoms with E-state index in [0.717, 1.165) is 94.3 Å². The molecule has 10 aromatic rings. The van der Waals surface area contributed by atoms with Crippen molar-refractivity contribution in [3.63, 3.8) is 0 Å². The van der Waals surface area contributed by atoms with E-state index in [1.54, 1.807) is 0 Å². The summed E-state index contributed by atoms with van der Waals surface area (Å²) < 4.78 is 12.6. The molecule has 0 spiro atoms. The van der Waals surface area contributed by atoms with Gasteiger partial charge in [-0.15, -0.1) is 0 Å². The highest BCUT2D eigenvalue weighted by Gasteiger charge is 2.19. The van der Waals surface area contributed by atoms with Crippen molar-refractivity contribution in [2.45, 2.75) is 0 Å². The third-order valence-corrected chi connectivity index (χ3v) is 9.86. The molecule has 2 aromatic heterocycles. The van der Waals surface area contributed by atoms with Gasteiger partial charge in [0.05, 0.1) is 5.69 Å². The summed E-state index contributed by atoms with van der Waals surface area (Å²) in [7, 11) is 0. The van der Waals surface area contributed by atoms with Crippen LogP contribution in [-0.4, -0.2) is 0 Å². The van der Waals surface area contributed by atoms with Crippen LogP contribution in [0.4, 0.5) is 17.1 Å². The number of furan rings is 2. The van der Waals surface area contributed by atoms with Crippen LogP contribution in [0.5, 0.6) is 0 Å². The second kappa shape index (κ2) is 11.9. The van der Waals surface area contributed by atoms with Gasteiger partial charge in [-0.05, 0) is 94.5 Å². The van der Waals surface area contributed by atoms with Crippen molar-refractivity contribution >= 4 is 60.9 Å². The fourth-order valence-corrected chi connectivity index (χ4v) is 7.42. The highest BCUT2D eigenvalue weighted by Crippen LogP contribution is 2.43. The molecule has 240 valence electrons.